The third-order valence-electron chi connectivity index (χ3n) is 5.01. The summed E-state index contributed by atoms with van der Waals surface area (Å²) in [5.41, 5.74) is 3.84. The number of nitrogens with one attached hydrogen (secondary N) is 1. The number of fused-ring (bicyclic) bond motifs is 1. The van der Waals surface area contributed by atoms with E-state index in [-0.39, 0.29) is 18.0 Å². The van der Waals surface area contributed by atoms with Crippen LogP contribution in [0.2, 0.25) is 5.02 Å². The molecule has 0 radical (unpaired) electrons. The van der Waals surface area contributed by atoms with Crippen molar-refractivity contribution in [1.29, 1.82) is 0 Å². The van der Waals surface area contributed by atoms with E-state index in [1.54, 1.807) is 24.3 Å². The van der Waals surface area contributed by atoms with Gasteiger partial charge in [0.25, 0.3) is 5.91 Å². The van der Waals surface area contributed by atoms with E-state index in [9.17, 15) is 4.79 Å². The van der Waals surface area contributed by atoms with Crippen LogP contribution in [-0.2, 0) is 0 Å². The molecule has 0 aliphatic carbocycles. The van der Waals surface area contributed by atoms with Crippen molar-refractivity contribution in [3.05, 3.63) is 95.0 Å². The molecule has 4 rings (SSSR count). The zero-order chi connectivity index (χ0) is 18.8. The lowest BCUT2D eigenvalue weighted by Crippen LogP contribution is -2.44. The van der Waals surface area contributed by atoms with Gasteiger partial charge in [-0.25, -0.2) is 0 Å². The first-order valence-corrected chi connectivity index (χ1v) is 9.51. The molecule has 2 unspecified atom stereocenters. The van der Waals surface area contributed by atoms with Crippen LogP contribution in [0, 0.1) is 0 Å². The highest BCUT2D eigenvalue weighted by molar-refractivity contribution is 6.30. The van der Waals surface area contributed by atoms with Gasteiger partial charge in [-0.05, 0) is 61.4 Å². The highest BCUT2D eigenvalue weighted by Gasteiger charge is 2.34. The van der Waals surface area contributed by atoms with Gasteiger partial charge in [-0.1, -0.05) is 48.0 Å². The molecule has 1 aliphatic heterocycles. The van der Waals surface area contributed by atoms with E-state index in [0.717, 1.165) is 23.4 Å². The molecule has 0 saturated carbocycles. The van der Waals surface area contributed by atoms with Crippen molar-refractivity contribution in [2.45, 2.75) is 25.4 Å². The van der Waals surface area contributed by atoms with Crippen LogP contribution in [0.1, 0.15) is 35.3 Å². The Balaban J connectivity index is 1.68. The molecule has 1 N–H and O–H groups in total. The van der Waals surface area contributed by atoms with Crippen LogP contribution in [0.4, 0.5) is 11.4 Å². The smallest absolute Gasteiger partial charge is 0.258 e. The molecule has 0 bridgehead atoms. The van der Waals surface area contributed by atoms with Crippen LogP contribution in [0.3, 0.4) is 0 Å². The molecule has 3 aromatic carbocycles. The zero-order valence-electron chi connectivity index (χ0n) is 15.1. The quantitative estimate of drug-likeness (QED) is 0.614. The molecule has 27 heavy (non-hydrogen) atoms. The Bertz CT molecular complexity index is 940. The summed E-state index contributed by atoms with van der Waals surface area (Å²) in [5.74, 6) is 0.00442. The van der Waals surface area contributed by atoms with Gasteiger partial charge in [-0.3, -0.25) is 4.79 Å². The van der Waals surface area contributed by atoms with E-state index < -0.39 is 0 Å². The van der Waals surface area contributed by atoms with Gasteiger partial charge in [0, 0.05) is 28.0 Å². The van der Waals surface area contributed by atoms with Gasteiger partial charge in [0.2, 0.25) is 0 Å². The van der Waals surface area contributed by atoms with Crippen LogP contribution in [0.25, 0.3) is 0 Å². The predicted molar refractivity (Wildman–Crippen MR) is 112 cm³/mol. The second-order valence-electron chi connectivity index (χ2n) is 6.89. The molecule has 0 aromatic heterocycles. The fourth-order valence-electron chi connectivity index (χ4n) is 3.73. The maximum Gasteiger partial charge on any atom is 0.258 e. The number of anilines is 2. The number of nitrogens with zero attached hydrogens (tertiary/aromatic N) is 1. The Kier molecular flexibility index (Phi) is 4.87. The Hall–Kier alpha value is -2.78. The minimum atomic E-state index is 0.00442. The minimum Gasteiger partial charge on any atom is -0.378 e. The number of carbonyl (C=O) groups excluding carboxylic acids is 1. The summed E-state index contributed by atoms with van der Waals surface area (Å²) in [6, 6.07) is 25.7. The van der Waals surface area contributed by atoms with E-state index in [0.29, 0.717) is 10.6 Å². The van der Waals surface area contributed by atoms with Gasteiger partial charge in [0.15, 0.2) is 0 Å². The van der Waals surface area contributed by atoms with E-state index >= 15 is 0 Å². The molecule has 0 fully saturated rings. The largest absolute Gasteiger partial charge is 0.378 e. The highest BCUT2D eigenvalue weighted by Crippen LogP contribution is 2.39. The predicted octanol–water partition coefficient (Wildman–Crippen LogP) is 5.93. The SMILES string of the molecule is CC1CC(Nc2ccccc2)c2ccccc2N1C(=O)c1ccc(Cl)cc1. The number of rotatable bonds is 3. The summed E-state index contributed by atoms with van der Waals surface area (Å²) in [7, 11) is 0. The molecular weight excluding hydrogens is 356 g/mol. The summed E-state index contributed by atoms with van der Waals surface area (Å²) in [4.78, 5) is 15.1. The topological polar surface area (TPSA) is 32.3 Å². The van der Waals surface area contributed by atoms with Crippen molar-refractivity contribution in [1.82, 2.24) is 0 Å². The van der Waals surface area contributed by atoms with Crippen LogP contribution in [0.5, 0.6) is 0 Å². The second-order valence-corrected chi connectivity index (χ2v) is 7.32. The maximum atomic E-state index is 13.2. The Morgan fingerprint density at radius 2 is 1.63 bits per heavy atom. The Morgan fingerprint density at radius 1 is 0.963 bits per heavy atom. The highest BCUT2D eigenvalue weighted by atomic mass is 35.5. The van der Waals surface area contributed by atoms with Gasteiger partial charge in [-0.15, -0.1) is 0 Å². The number of hydrogen-bond donors (Lipinski definition) is 1. The van der Waals surface area contributed by atoms with E-state index in [1.165, 1.54) is 0 Å². The van der Waals surface area contributed by atoms with Crippen molar-refractivity contribution in [3.63, 3.8) is 0 Å². The van der Waals surface area contributed by atoms with Crippen molar-refractivity contribution in [2.24, 2.45) is 0 Å². The van der Waals surface area contributed by atoms with Crippen molar-refractivity contribution in [3.8, 4) is 0 Å². The molecule has 3 aromatic rings. The molecule has 136 valence electrons. The van der Waals surface area contributed by atoms with Crippen molar-refractivity contribution < 1.29 is 4.79 Å². The standard InChI is InChI=1S/C23H21ClN2O/c1-16-15-21(25-19-7-3-2-4-8-19)20-9-5-6-10-22(20)26(16)23(27)17-11-13-18(24)14-12-17/h2-14,16,21,25H,15H2,1H3. The Labute approximate surface area is 164 Å². The maximum absolute atomic E-state index is 13.2. The molecular formula is C23H21ClN2O. The van der Waals surface area contributed by atoms with Gasteiger partial charge in [0.1, 0.15) is 0 Å². The van der Waals surface area contributed by atoms with Crippen molar-refractivity contribution in [2.75, 3.05) is 10.2 Å². The van der Waals surface area contributed by atoms with Crippen LogP contribution >= 0.6 is 11.6 Å². The van der Waals surface area contributed by atoms with E-state index in [4.69, 9.17) is 11.6 Å². The fraction of sp³-hybridized carbons (Fsp3) is 0.174. The number of carbonyl (C=O) groups is 1. The first-order valence-electron chi connectivity index (χ1n) is 9.13. The van der Waals surface area contributed by atoms with Crippen LogP contribution < -0.4 is 10.2 Å². The lowest BCUT2D eigenvalue weighted by Gasteiger charge is -2.40. The number of hydrogen-bond acceptors (Lipinski definition) is 2. The molecule has 2 atom stereocenters. The van der Waals surface area contributed by atoms with Gasteiger partial charge < -0.3 is 10.2 Å². The minimum absolute atomic E-state index is 0.00442. The monoisotopic (exact) mass is 376 g/mol. The lowest BCUT2D eigenvalue weighted by atomic mass is 9.90. The van der Waals surface area contributed by atoms with E-state index in [1.807, 2.05) is 41.3 Å². The molecule has 0 spiro atoms. The molecule has 3 nitrogen and oxygen atoms in total. The summed E-state index contributed by atoms with van der Waals surface area (Å²) in [6.45, 7) is 2.10. The molecule has 1 amide bonds. The van der Waals surface area contributed by atoms with Gasteiger partial charge >= 0.3 is 0 Å². The zero-order valence-corrected chi connectivity index (χ0v) is 15.9. The van der Waals surface area contributed by atoms with Gasteiger partial charge in [-0.2, -0.15) is 0 Å². The normalized spacial score (nSPS) is 18.7. The molecule has 1 aliphatic rings. The lowest BCUT2D eigenvalue weighted by molar-refractivity contribution is 0.0974. The summed E-state index contributed by atoms with van der Waals surface area (Å²) in [6.07, 6.45) is 0.839. The third kappa shape index (κ3) is 3.56. The number of benzene rings is 3. The molecule has 4 heteroatoms. The first-order chi connectivity index (χ1) is 13.1. The average molecular weight is 377 g/mol. The second kappa shape index (κ2) is 7.45. The van der Waals surface area contributed by atoms with Gasteiger partial charge in [0.05, 0.1) is 6.04 Å². The van der Waals surface area contributed by atoms with Crippen molar-refractivity contribution >= 4 is 28.9 Å². The van der Waals surface area contributed by atoms with Crippen LogP contribution in [0.15, 0.2) is 78.9 Å². The molecule has 0 saturated heterocycles. The summed E-state index contributed by atoms with van der Waals surface area (Å²) >= 11 is 5.97. The van der Waals surface area contributed by atoms with E-state index in [2.05, 4.69) is 30.4 Å². The number of para-hydroxylation sites is 2. The average Bonchev–Trinajstić information content (AvgIpc) is 2.69. The number of halogens is 1. The van der Waals surface area contributed by atoms with Crippen LogP contribution in [-0.4, -0.2) is 11.9 Å². The third-order valence-corrected chi connectivity index (χ3v) is 5.27. The Morgan fingerprint density at radius 3 is 2.37 bits per heavy atom. The first kappa shape index (κ1) is 17.6. The molecule has 1 heterocycles. The fourth-order valence-corrected chi connectivity index (χ4v) is 3.85. The summed E-state index contributed by atoms with van der Waals surface area (Å²) < 4.78 is 0. The number of amides is 1. The summed E-state index contributed by atoms with van der Waals surface area (Å²) in [5, 5.41) is 4.25.